The van der Waals surface area contributed by atoms with Gasteiger partial charge in [0.15, 0.2) is 0 Å². The van der Waals surface area contributed by atoms with E-state index in [9.17, 15) is 19.5 Å². The molecule has 2 amide bonds. The number of nitrogens with one attached hydrogen (secondary N) is 1. The lowest BCUT2D eigenvalue weighted by molar-refractivity contribution is -0.149. The summed E-state index contributed by atoms with van der Waals surface area (Å²) in [5, 5.41) is 12.7. The number of alkyl carbamates (subject to hydrolysis) is 1. The molecule has 7 nitrogen and oxygen atoms in total. The maximum Gasteiger partial charge on any atom is 0.408 e. The fraction of sp³-hybridized carbons (Fsp3) is 0.857. The first-order chi connectivity index (χ1) is 14.1. The van der Waals surface area contributed by atoms with Crippen LogP contribution < -0.4 is 5.32 Å². The van der Waals surface area contributed by atoms with Crippen LogP contribution in [0.25, 0.3) is 0 Å². The molecule has 0 aromatic carbocycles. The zero-order valence-electron chi connectivity index (χ0n) is 18.1. The summed E-state index contributed by atoms with van der Waals surface area (Å²) < 4.78 is 5.16. The molecule has 1 saturated carbocycles. The summed E-state index contributed by atoms with van der Waals surface area (Å²) in [4.78, 5) is 39.7. The molecule has 2 aliphatic heterocycles. The second-order valence-corrected chi connectivity index (χ2v) is 12.7. The first-order valence-electron chi connectivity index (χ1n) is 10.9. The van der Waals surface area contributed by atoms with Crippen LogP contribution in [0.15, 0.2) is 0 Å². The van der Waals surface area contributed by atoms with Crippen molar-refractivity contribution in [1.29, 1.82) is 0 Å². The second kappa shape index (κ2) is 9.59. The summed E-state index contributed by atoms with van der Waals surface area (Å²) in [6.45, 7) is 5.77. The number of carbonyl (C=O) groups excluding carboxylic acids is 2. The van der Waals surface area contributed by atoms with E-state index in [-0.39, 0.29) is 15.9 Å². The largest absolute Gasteiger partial charge is 0.480 e. The Hall–Kier alpha value is -1.09. The Kier molecular flexibility index (Phi) is 7.53. The molecule has 0 radical (unpaired) electrons. The number of nitrogens with zero attached hydrogens (tertiary/aromatic N) is 1. The fourth-order valence-electron chi connectivity index (χ4n) is 4.58. The number of carbonyl (C=O) groups is 3. The fourth-order valence-corrected chi connectivity index (χ4v) is 7.93. The number of thioether (sulfide) groups is 2. The van der Waals surface area contributed by atoms with E-state index in [1.54, 1.807) is 44.3 Å². The SMILES string of the molecule is CC(C)(C)OC(=O)NC(C(=O)N1CC2(C[C@H]1C(=O)O)SCCCS2)C1CCCCC1. The lowest BCUT2D eigenvalue weighted by Gasteiger charge is -2.35. The third kappa shape index (κ3) is 5.78. The first kappa shape index (κ1) is 23.6. The van der Waals surface area contributed by atoms with Crippen molar-refractivity contribution in [3.63, 3.8) is 0 Å². The van der Waals surface area contributed by atoms with Crippen LogP contribution in [0.1, 0.15) is 65.7 Å². The van der Waals surface area contributed by atoms with Gasteiger partial charge in [0.25, 0.3) is 0 Å². The predicted octanol–water partition coefficient (Wildman–Crippen LogP) is 3.71. The number of carboxylic acid groups (broad SMARTS) is 1. The molecule has 3 aliphatic rings. The van der Waals surface area contributed by atoms with Gasteiger partial charge >= 0.3 is 12.1 Å². The number of likely N-dealkylation sites (tertiary alicyclic amines) is 1. The number of amides is 2. The van der Waals surface area contributed by atoms with E-state index in [2.05, 4.69) is 5.32 Å². The van der Waals surface area contributed by atoms with Gasteiger partial charge in [-0.3, -0.25) is 4.79 Å². The molecule has 3 rings (SSSR count). The Balaban J connectivity index is 1.80. The maximum atomic E-state index is 13.7. The number of hydrogen-bond donors (Lipinski definition) is 2. The van der Waals surface area contributed by atoms with Crippen molar-refractivity contribution in [1.82, 2.24) is 10.2 Å². The number of carboxylic acids is 1. The van der Waals surface area contributed by atoms with Crippen molar-refractivity contribution >= 4 is 41.5 Å². The van der Waals surface area contributed by atoms with E-state index in [0.29, 0.717) is 13.0 Å². The zero-order valence-corrected chi connectivity index (χ0v) is 19.8. The highest BCUT2D eigenvalue weighted by atomic mass is 32.2. The summed E-state index contributed by atoms with van der Waals surface area (Å²) in [6, 6.07) is -1.59. The van der Waals surface area contributed by atoms with Crippen molar-refractivity contribution in [2.24, 2.45) is 5.92 Å². The van der Waals surface area contributed by atoms with Crippen molar-refractivity contribution in [2.45, 2.75) is 87.5 Å². The van der Waals surface area contributed by atoms with E-state index >= 15 is 0 Å². The molecular weight excluding hydrogens is 424 g/mol. The molecule has 0 aromatic rings. The van der Waals surface area contributed by atoms with Crippen LogP contribution >= 0.6 is 23.5 Å². The third-order valence-corrected chi connectivity index (χ3v) is 9.27. The molecule has 1 unspecified atom stereocenters. The number of aliphatic carboxylic acids is 1. The van der Waals surface area contributed by atoms with Gasteiger partial charge in [0.05, 0.1) is 4.08 Å². The minimum absolute atomic E-state index is 0.0106. The zero-order chi connectivity index (χ0) is 21.9. The molecule has 2 N–H and O–H groups in total. The van der Waals surface area contributed by atoms with Crippen LogP contribution in [-0.2, 0) is 14.3 Å². The van der Waals surface area contributed by atoms with Crippen molar-refractivity contribution in [2.75, 3.05) is 18.1 Å². The molecule has 9 heteroatoms. The third-order valence-electron chi connectivity index (χ3n) is 5.94. The van der Waals surface area contributed by atoms with Crippen LogP contribution in [0, 0.1) is 5.92 Å². The minimum Gasteiger partial charge on any atom is -0.480 e. The Labute approximate surface area is 187 Å². The normalized spacial score (nSPS) is 25.7. The summed E-state index contributed by atoms with van der Waals surface area (Å²) in [7, 11) is 0. The van der Waals surface area contributed by atoms with E-state index in [1.165, 1.54) is 4.90 Å². The standard InChI is InChI=1S/C21H34N2O5S2/c1-20(2,3)28-19(27)22-16(14-8-5-4-6-9-14)17(24)23-13-21(12-15(23)18(25)26)29-10-7-11-30-21/h14-16H,4-13H2,1-3H3,(H,22,27)(H,25,26)/t15-,16?/m0/s1. The van der Waals surface area contributed by atoms with Gasteiger partial charge in [-0.05, 0) is 57.5 Å². The van der Waals surface area contributed by atoms with Gasteiger partial charge in [0.1, 0.15) is 17.7 Å². The molecule has 30 heavy (non-hydrogen) atoms. The Morgan fingerprint density at radius 1 is 1.10 bits per heavy atom. The minimum atomic E-state index is -0.966. The van der Waals surface area contributed by atoms with Gasteiger partial charge in [0, 0.05) is 13.0 Å². The van der Waals surface area contributed by atoms with Crippen LogP contribution in [0.3, 0.4) is 0 Å². The van der Waals surface area contributed by atoms with Crippen molar-refractivity contribution in [3.05, 3.63) is 0 Å². The van der Waals surface area contributed by atoms with Gasteiger partial charge in [0.2, 0.25) is 5.91 Å². The molecule has 170 valence electrons. The number of rotatable bonds is 4. The average molecular weight is 459 g/mol. The van der Waals surface area contributed by atoms with E-state index < -0.39 is 29.7 Å². The summed E-state index contributed by atoms with van der Waals surface area (Å²) >= 11 is 3.56. The summed E-state index contributed by atoms with van der Waals surface area (Å²) in [6.07, 6.45) is 5.81. The van der Waals surface area contributed by atoms with Gasteiger partial charge < -0.3 is 20.1 Å². The summed E-state index contributed by atoms with van der Waals surface area (Å²) in [5.41, 5.74) is -0.666. The lowest BCUT2D eigenvalue weighted by Crippen LogP contribution is -2.55. The molecule has 3 fully saturated rings. The molecule has 1 aliphatic carbocycles. The number of hydrogen-bond acceptors (Lipinski definition) is 6. The van der Waals surface area contributed by atoms with Crippen molar-refractivity contribution < 1.29 is 24.2 Å². The first-order valence-corrected chi connectivity index (χ1v) is 12.9. The van der Waals surface area contributed by atoms with Gasteiger partial charge in [-0.1, -0.05) is 19.3 Å². The molecule has 0 bridgehead atoms. The van der Waals surface area contributed by atoms with Crippen LogP contribution in [0.2, 0.25) is 0 Å². The van der Waals surface area contributed by atoms with Crippen LogP contribution in [-0.4, -0.2) is 67.8 Å². The Morgan fingerprint density at radius 3 is 2.30 bits per heavy atom. The lowest BCUT2D eigenvalue weighted by atomic mass is 9.83. The Morgan fingerprint density at radius 2 is 1.73 bits per heavy atom. The van der Waals surface area contributed by atoms with Gasteiger partial charge in [-0.25, -0.2) is 9.59 Å². The topological polar surface area (TPSA) is 95.9 Å². The number of ether oxygens (including phenoxy) is 1. The highest BCUT2D eigenvalue weighted by Crippen LogP contribution is 2.50. The average Bonchev–Trinajstić information content (AvgIpc) is 3.05. The molecule has 1 spiro atoms. The van der Waals surface area contributed by atoms with Gasteiger partial charge in [-0.2, -0.15) is 0 Å². The quantitative estimate of drug-likeness (QED) is 0.663. The van der Waals surface area contributed by atoms with Gasteiger partial charge in [-0.15, -0.1) is 23.5 Å². The molecule has 2 saturated heterocycles. The van der Waals surface area contributed by atoms with Crippen LogP contribution in [0.4, 0.5) is 4.79 Å². The summed E-state index contributed by atoms with van der Waals surface area (Å²) in [5.74, 6) is 0.750. The Bertz CT molecular complexity index is 654. The predicted molar refractivity (Wildman–Crippen MR) is 120 cm³/mol. The van der Waals surface area contributed by atoms with E-state index in [4.69, 9.17) is 4.74 Å². The molecule has 0 aromatic heterocycles. The van der Waals surface area contributed by atoms with E-state index in [1.807, 2.05) is 0 Å². The maximum absolute atomic E-state index is 13.7. The highest BCUT2D eigenvalue weighted by Gasteiger charge is 2.52. The highest BCUT2D eigenvalue weighted by molar-refractivity contribution is 8.18. The molecule has 2 heterocycles. The van der Waals surface area contributed by atoms with E-state index in [0.717, 1.165) is 50.0 Å². The second-order valence-electron chi connectivity index (χ2n) is 9.51. The molecular formula is C21H34N2O5S2. The smallest absolute Gasteiger partial charge is 0.408 e. The van der Waals surface area contributed by atoms with Crippen molar-refractivity contribution in [3.8, 4) is 0 Å². The van der Waals surface area contributed by atoms with Crippen LogP contribution in [0.5, 0.6) is 0 Å². The molecule has 2 atom stereocenters. The monoisotopic (exact) mass is 458 g/mol.